The maximum atomic E-state index is 13.1. The third kappa shape index (κ3) is 7.50. The fourth-order valence-electron chi connectivity index (χ4n) is 7.52. The largest absolute Gasteiger partial charge is 0.481 e. The topological polar surface area (TPSA) is 118 Å². The zero-order valence-corrected chi connectivity index (χ0v) is 29.7. The van der Waals surface area contributed by atoms with Gasteiger partial charge in [-0.15, -0.1) is 0 Å². The molecule has 3 atom stereocenters. The molecule has 2 aromatic heterocycles. The lowest BCUT2D eigenvalue weighted by atomic mass is 9.81. The van der Waals surface area contributed by atoms with Crippen molar-refractivity contribution in [3.63, 3.8) is 0 Å². The minimum atomic E-state index is -1.99. The summed E-state index contributed by atoms with van der Waals surface area (Å²) in [6.07, 6.45) is 4.56. The summed E-state index contributed by atoms with van der Waals surface area (Å²) in [6, 6.07) is 4.22. The van der Waals surface area contributed by atoms with Crippen LogP contribution < -0.4 is 15.0 Å². The van der Waals surface area contributed by atoms with Gasteiger partial charge in [0.2, 0.25) is 20.1 Å². The number of fused-ring (bicyclic) bond motifs is 2. The number of rotatable bonds is 11. The number of aromatic nitrogens is 4. The first-order valence-corrected chi connectivity index (χ1v) is 18.4. The molecular formula is C32H55N7O4Si. The summed E-state index contributed by atoms with van der Waals surface area (Å²) in [5, 5.41) is 11.0. The van der Waals surface area contributed by atoms with Gasteiger partial charge < -0.3 is 29.0 Å². The van der Waals surface area contributed by atoms with Crippen LogP contribution in [0.2, 0.25) is 16.6 Å². The van der Waals surface area contributed by atoms with Crippen LogP contribution >= 0.6 is 0 Å². The van der Waals surface area contributed by atoms with E-state index >= 15 is 0 Å². The Labute approximate surface area is 265 Å². The number of anilines is 3. The number of nitrogens with zero attached hydrogens (tertiary/aromatic N) is 5. The molecule has 11 nitrogen and oxygen atoms in total. The number of carbonyl (C=O) groups is 1. The monoisotopic (exact) mass is 629 g/mol. The summed E-state index contributed by atoms with van der Waals surface area (Å²) in [5.41, 5.74) is 1.94. The first-order valence-electron chi connectivity index (χ1n) is 16.3. The van der Waals surface area contributed by atoms with Gasteiger partial charge in [-0.25, -0.2) is 4.79 Å². The van der Waals surface area contributed by atoms with Gasteiger partial charge in [-0.2, -0.15) is 15.1 Å². The Kier molecular flexibility index (Phi) is 10.5. The average Bonchev–Trinajstić information content (AvgIpc) is 3.37. The van der Waals surface area contributed by atoms with E-state index in [4.69, 9.17) is 18.9 Å². The van der Waals surface area contributed by atoms with Gasteiger partial charge in [0.25, 0.3) is 0 Å². The van der Waals surface area contributed by atoms with E-state index in [1.54, 1.807) is 13.2 Å². The summed E-state index contributed by atoms with van der Waals surface area (Å²) in [5.74, 6) is 2.29. The number of hydrogen-bond donors (Lipinski definition) is 2. The van der Waals surface area contributed by atoms with E-state index in [0.717, 1.165) is 37.8 Å². The van der Waals surface area contributed by atoms with Gasteiger partial charge in [-0.1, -0.05) is 41.5 Å². The van der Waals surface area contributed by atoms with Gasteiger partial charge in [-0.3, -0.25) is 5.10 Å². The van der Waals surface area contributed by atoms with Crippen LogP contribution in [0, 0.1) is 0 Å². The Balaban J connectivity index is 1.46. The predicted octanol–water partition coefficient (Wildman–Crippen LogP) is 7.40. The molecule has 2 saturated heterocycles. The molecule has 4 rings (SSSR count). The quantitative estimate of drug-likeness (QED) is 0.245. The average molecular weight is 630 g/mol. The highest BCUT2D eigenvalue weighted by molar-refractivity contribution is 6.77. The lowest BCUT2D eigenvalue weighted by Gasteiger charge is -2.50. The van der Waals surface area contributed by atoms with Crippen molar-refractivity contribution in [3.05, 3.63) is 17.8 Å². The number of piperidine rings is 2. The van der Waals surface area contributed by atoms with Crippen molar-refractivity contribution in [3.8, 4) is 5.88 Å². The highest BCUT2D eigenvalue weighted by atomic mass is 28.4. The number of amides is 1. The molecular weight excluding hydrogens is 574 g/mol. The van der Waals surface area contributed by atoms with Crippen LogP contribution in [0.25, 0.3) is 0 Å². The van der Waals surface area contributed by atoms with E-state index in [0.29, 0.717) is 46.7 Å². The van der Waals surface area contributed by atoms with Crippen molar-refractivity contribution in [1.82, 2.24) is 25.1 Å². The SMILES string of the molecule is COc1cc(Nc2cc(CO[Si](C(C)C)(C(C)C)C(C)C)[nH]n2)nc(N(C)C2C[C@H]3CCC[C@@H](C2)N3C(=O)OC(C)(C)C)n1. The van der Waals surface area contributed by atoms with Crippen LogP contribution in [-0.4, -0.2) is 77.4 Å². The number of aromatic amines is 1. The molecule has 0 saturated carbocycles. The van der Waals surface area contributed by atoms with Gasteiger partial charge in [0, 0.05) is 37.3 Å². The van der Waals surface area contributed by atoms with Crippen LogP contribution in [0.4, 0.5) is 22.4 Å². The van der Waals surface area contributed by atoms with Crippen LogP contribution in [0.15, 0.2) is 12.1 Å². The van der Waals surface area contributed by atoms with Crippen molar-refractivity contribution in [2.45, 2.75) is 141 Å². The van der Waals surface area contributed by atoms with E-state index in [1.807, 2.05) is 38.8 Å². The molecule has 0 aromatic carbocycles. The summed E-state index contributed by atoms with van der Waals surface area (Å²) in [4.78, 5) is 26.7. The second-order valence-electron chi connectivity index (χ2n) is 14.5. The minimum Gasteiger partial charge on any atom is -0.481 e. The standard InChI is InChI=1S/C32H55N7O4Si/c1-20(2)44(21(3)4,22(5)6)42-19-23-15-28(37-36-23)33-27-18-29(41-11)35-30(34-27)38(10)26-16-24-13-12-14-25(17-26)39(24)31(40)43-32(7,8)9/h15,18,20-22,24-26H,12-14,16-17,19H2,1-11H3,(H2,33,34,35,36,37)/t24-,25+,26?. The highest BCUT2D eigenvalue weighted by Crippen LogP contribution is 2.43. The Hall–Kier alpha value is -2.86. The Bertz CT molecular complexity index is 1230. The van der Waals surface area contributed by atoms with Crippen LogP contribution in [0.3, 0.4) is 0 Å². The maximum Gasteiger partial charge on any atom is 0.410 e. The first-order chi connectivity index (χ1) is 20.6. The minimum absolute atomic E-state index is 0.140. The molecule has 0 radical (unpaired) electrons. The zero-order chi connectivity index (χ0) is 32.4. The molecule has 2 N–H and O–H groups in total. The Morgan fingerprint density at radius 2 is 1.66 bits per heavy atom. The number of H-pyrrole nitrogens is 1. The van der Waals surface area contributed by atoms with E-state index in [-0.39, 0.29) is 24.2 Å². The van der Waals surface area contributed by atoms with Crippen molar-refractivity contribution in [2.75, 3.05) is 24.4 Å². The van der Waals surface area contributed by atoms with Gasteiger partial charge in [0.1, 0.15) is 11.4 Å². The molecule has 2 bridgehead atoms. The number of carbonyl (C=O) groups excluding carboxylic acids is 1. The smallest absolute Gasteiger partial charge is 0.410 e. The van der Waals surface area contributed by atoms with Gasteiger partial charge >= 0.3 is 6.09 Å². The molecule has 1 amide bonds. The summed E-state index contributed by atoms with van der Waals surface area (Å²) in [6.45, 7) is 20.0. The van der Waals surface area contributed by atoms with Crippen molar-refractivity contribution < 1.29 is 18.7 Å². The van der Waals surface area contributed by atoms with Crippen LogP contribution in [-0.2, 0) is 15.8 Å². The summed E-state index contributed by atoms with van der Waals surface area (Å²) in [7, 11) is 1.64. The Morgan fingerprint density at radius 3 is 2.20 bits per heavy atom. The molecule has 2 aromatic rings. The number of hydrogen-bond acceptors (Lipinski definition) is 9. The normalized spacial score (nSPS) is 20.8. The molecule has 2 fully saturated rings. The van der Waals surface area contributed by atoms with E-state index in [2.05, 4.69) is 66.9 Å². The van der Waals surface area contributed by atoms with Crippen molar-refractivity contribution >= 4 is 32.0 Å². The highest BCUT2D eigenvalue weighted by Gasteiger charge is 2.45. The summed E-state index contributed by atoms with van der Waals surface area (Å²) < 4.78 is 18.1. The second-order valence-corrected chi connectivity index (χ2v) is 19.9. The van der Waals surface area contributed by atoms with Crippen molar-refractivity contribution in [2.24, 2.45) is 0 Å². The fourth-order valence-corrected chi connectivity index (χ4v) is 12.9. The number of methoxy groups -OCH3 is 1. The van der Waals surface area contributed by atoms with E-state index in [9.17, 15) is 4.79 Å². The third-order valence-corrected chi connectivity index (χ3v) is 15.4. The van der Waals surface area contributed by atoms with Crippen LogP contribution in [0.1, 0.15) is 100 Å². The molecule has 2 aliphatic heterocycles. The summed E-state index contributed by atoms with van der Waals surface area (Å²) >= 11 is 0. The molecule has 2 aliphatic rings. The zero-order valence-electron chi connectivity index (χ0n) is 28.7. The predicted molar refractivity (Wildman–Crippen MR) is 177 cm³/mol. The number of nitrogens with one attached hydrogen (secondary N) is 2. The fraction of sp³-hybridized carbons (Fsp3) is 0.750. The van der Waals surface area contributed by atoms with E-state index < -0.39 is 13.9 Å². The van der Waals surface area contributed by atoms with Gasteiger partial charge in [0.05, 0.1) is 19.4 Å². The second kappa shape index (κ2) is 13.6. The lowest BCUT2D eigenvalue weighted by Crippen LogP contribution is -2.59. The van der Waals surface area contributed by atoms with Gasteiger partial charge in [-0.05, 0) is 69.5 Å². The number of ether oxygens (including phenoxy) is 2. The first kappa shape index (κ1) is 34.0. The molecule has 44 heavy (non-hydrogen) atoms. The van der Waals surface area contributed by atoms with Crippen LogP contribution in [0.5, 0.6) is 5.88 Å². The molecule has 0 spiro atoms. The molecule has 0 aliphatic carbocycles. The molecule has 4 heterocycles. The van der Waals surface area contributed by atoms with Gasteiger partial charge in [0.15, 0.2) is 5.82 Å². The molecule has 12 heteroatoms. The Morgan fingerprint density at radius 1 is 1.05 bits per heavy atom. The lowest BCUT2D eigenvalue weighted by molar-refractivity contribution is -0.0214. The maximum absolute atomic E-state index is 13.1. The van der Waals surface area contributed by atoms with E-state index in [1.165, 1.54) is 0 Å². The molecule has 1 unspecified atom stereocenters. The molecule has 246 valence electrons. The van der Waals surface area contributed by atoms with Crippen molar-refractivity contribution in [1.29, 1.82) is 0 Å². The third-order valence-electron chi connectivity index (χ3n) is 9.39.